The maximum absolute atomic E-state index is 12.6. The highest BCUT2D eigenvalue weighted by molar-refractivity contribution is 8.00. The lowest BCUT2D eigenvalue weighted by Crippen LogP contribution is -2.38. The number of likely N-dealkylation sites (tertiary alicyclic amines) is 1. The van der Waals surface area contributed by atoms with Crippen molar-refractivity contribution in [3.63, 3.8) is 0 Å². The lowest BCUT2D eigenvalue weighted by atomic mass is 9.99. The molecule has 0 radical (unpaired) electrons. The molecule has 3 aromatic rings. The molecule has 0 unspecified atom stereocenters. The number of hydrogen-bond acceptors (Lipinski definition) is 2. The average molecular weight is 393 g/mol. The number of nitrogens with zero attached hydrogens (tertiary/aromatic N) is 2. The van der Waals surface area contributed by atoms with Crippen molar-refractivity contribution >= 4 is 28.6 Å². The van der Waals surface area contributed by atoms with E-state index in [1.54, 1.807) is 11.8 Å². The predicted molar refractivity (Wildman–Crippen MR) is 118 cm³/mol. The Morgan fingerprint density at radius 3 is 2.68 bits per heavy atom. The first-order chi connectivity index (χ1) is 13.6. The van der Waals surface area contributed by atoms with Crippen LogP contribution in [0.4, 0.5) is 0 Å². The number of rotatable bonds is 5. The van der Waals surface area contributed by atoms with Crippen molar-refractivity contribution in [2.45, 2.75) is 38.1 Å². The first-order valence-electron chi connectivity index (χ1n) is 10.1. The van der Waals surface area contributed by atoms with Crippen LogP contribution in [0, 0.1) is 12.8 Å². The Kier molecular flexibility index (Phi) is 5.77. The SMILES string of the molecule is Cc1cccc(Cn2cc(SCC(=O)N3CCC(C)CC3)c3ccccc32)c1. The van der Waals surface area contributed by atoms with E-state index in [2.05, 4.69) is 73.1 Å². The van der Waals surface area contributed by atoms with E-state index in [0.717, 1.165) is 38.4 Å². The van der Waals surface area contributed by atoms with Crippen LogP contribution in [0.1, 0.15) is 30.9 Å². The first-order valence-corrected chi connectivity index (χ1v) is 11.1. The minimum Gasteiger partial charge on any atom is -0.342 e. The van der Waals surface area contributed by atoms with Crippen LogP contribution in [0.25, 0.3) is 10.9 Å². The third-order valence-corrected chi connectivity index (χ3v) is 6.70. The standard InChI is InChI=1S/C24H28N2OS/c1-18-10-12-25(13-11-18)24(27)17-28-23-16-26(22-9-4-3-8-21(22)23)15-20-7-5-6-19(2)14-20/h3-9,14,16,18H,10-13,15,17H2,1-2H3. The number of amides is 1. The normalized spacial score (nSPS) is 15.3. The van der Waals surface area contributed by atoms with Crippen LogP contribution in [-0.4, -0.2) is 34.2 Å². The number of thioether (sulfide) groups is 1. The summed E-state index contributed by atoms with van der Waals surface area (Å²) in [6.07, 6.45) is 4.47. The summed E-state index contributed by atoms with van der Waals surface area (Å²) in [6, 6.07) is 17.2. The van der Waals surface area contributed by atoms with Gasteiger partial charge in [0.25, 0.3) is 0 Å². The summed E-state index contributed by atoms with van der Waals surface area (Å²) in [5, 5.41) is 1.24. The maximum atomic E-state index is 12.6. The van der Waals surface area contributed by atoms with Crippen LogP contribution in [0.3, 0.4) is 0 Å². The molecule has 1 aliphatic heterocycles. The van der Waals surface area contributed by atoms with Crippen molar-refractivity contribution in [3.8, 4) is 0 Å². The molecule has 1 aliphatic rings. The molecule has 0 aliphatic carbocycles. The third-order valence-electron chi connectivity index (χ3n) is 5.67. The quantitative estimate of drug-likeness (QED) is 0.547. The van der Waals surface area contributed by atoms with E-state index in [1.165, 1.54) is 26.9 Å². The number of piperidine rings is 1. The molecule has 0 atom stereocenters. The predicted octanol–water partition coefficient (Wildman–Crippen LogP) is 5.35. The summed E-state index contributed by atoms with van der Waals surface area (Å²) in [7, 11) is 0. The largest absolute Gasteiger partial charge is 0.342 e. The van der Waals surface area contributed by atoms with Gasteiger partial charge in [0, 0.05) is 41.6 Å². The molecule has 0 N–H and O–H groups in total. The molecule has 1 saturated heterocycles. The molecule has 2 heterocycles. The van der Waals surface area contributed by atoms with Crippen molar-refractivity contribution in [1.82, 2.24) is 9.47 Å². The molecule has 4 heteroatoms. The summed E-state index contributed by atoms with van der Waals surface area (Å²) < 4.78 is 2.31. The molecule has 1 fully saturated rings. The van der Waals surface area contributed by atoms with Crippen molar-refractivity contribution < 1.29 is 4.79 Å². The molecule has 146 valence electrons. The summed E-state index contributed by atoms with van der Waals surface area (Å²) in [5.41, 5.74) is 3.81. The van der Waals surface area contributed by atoms with E-state index in [4.69, 9.17) is 0 Å². The van der Waals surface area contributed by atoms with E-state index in [0.29, 0.717) is 5.75 Å². The number of carbonyl (C=O) groups excluding carboxylic acids is 1. The van der Waals surface area contributed by atoms with Crippen LogP contribution in [0.5, 0.6) is 0 Å². The van der Waals surface area contributed by atoms with Gasteiger partial charge in [0.1, 0.15) is 0 Å². The van der Waals surface area contributed by atoms with E-state index >= 15 is 0 Å². The van der Waals surface area contributed by atoms with Crippen LogP contribution in [0.2, 0.25) is 0 Å². The fourth-order valence-corrected chi connectivity index (χ4v) is 4.95. The van der Waals surface area contributed by atoms with E-state index in [9.17, 15) is 4.79 Å². The van der Waals surface area contributed by atoms with Gasteiger partial charge in [0.15, 0.2) is 0 Å². The van der Waals surface area contributed by atoms with Gasteiger partial charge in [0.2, 0.25) is 5.91 Å². The Bertz CT molecular complexity index is 970. The second-order valence-corrected chi connectivity index (χ2v) is 9.00. The lowest BCUT2D eigenvalue weighted by Gasteiger charge is -2.30. The molecule has 4 rings (SSSR count). The second-order valence-electron chi connectivity index (χ2n) is 7.98. The third kappa shape index (κ3) is 4.27. The van der Waals surface area contributed by atoms with E-state index in [-0.39, 0.29) is 5.91 Å². The number of para-hydroxylation sites is 1. The van der Waals surface area contributed by atoms with Gasteiger partial charge in [-0.2, -0.15) is 0 Å². The summed E-state index contributed by atoms with van der Waals surface area (Å²) >= 11 is 1.67. The Morgan fingerprint density at radius 1 is 1.11 bits per heavy atom. The number of hydrogen-bond donors (Lipinski definition) is 0. The Balaban J connectivity index is 1.50. The molecule has 1 aromatic heterocycles. The highest BCUT2D eigenvalue weighted by Crippen LogP contribution is 2.31. The number of aryl methyl sites for hydroxylation is 1. The Labute approximate surface area is 171 Å². The second kappa shape index (κ2) is 8.44. The van der Waals surface area contributed by atoms with Crippen molar-refractivity contribution in [2.75, 3.05) is 18.8 Å². The number of carbonyl (C=O) groups is 1. The average Bonchev–Trinajstić information content (AvgIpc) is 3.04. The van der Waals surface area contributed by atoms with Crippen LogP contribution in [0.15, 0.2) is 59.6 Å². The van der Waals surface area contributed by atoms with E-state index in [1.807, 2.05) is 4.90 Å². The number of aromatic nitrogens is 1. The van der Waals surface area contributed by atoms with Gasteiger partial charge in [-0.25, -0.2) is 0 Å². The van der Waals surface area contributed by atoms with Gasteiger partial charge in [-0.15, -0.1) is 11.8 Å². The van der Waals surface area contributed by atoms with Crippen LogP contribution >= 0.6 is 11.8 Å². The van der Waals surface area contributed by atoms with Gasteiger partial charge >= 0.3 is 0 Å². The molecular formula is C24H28N2OS. The van der Waals surface area contributed by atoms with Crippen molar-refractivity contribution in [3.05, 3.63) is 65.9 Å². The zero-order valence-corrected chi connectivity index (χ0v) is 17.5. The Morgan fingerprint density at radius 2 is 1.89 bits per heavy atom. The van der Waals surface area contributed by atoms with Gasteiger partial charge in [-0.1, -0.05) is 55.0 Å². The molecule has 28 heavy (non-hydrogen) atoms. The molecule has 0 spiro atoms. The number of benzene rings is 2. The zero-order chi connectivity index (χ0) is 19.5. The lowest BCUT2D eigenvalue weighted by molar-refractivity contribution is -0.129. The smallest absolute Gasteiger partial charge is 0.232 e. The topological polar surface area (TPSA) is 25.2 Å². The molecular weight excluding hydrogens is 364 g/mol. The fourth-order valence-electron chi connectivity index (χ4n) is 3.95. The van der Waals surface area contributed by atoms with Gasteiger partial charge in [0.05, 0.1) is 5.75 Å². The van der Waals surface area contributed by atoms with Gasteiger partial charge in [-0.05, 0) is 37.3 Å². The summed E-state index contributed by atoms with van der Waals surface area (Å²) in [4.78, 5) is 15.9. The maximum Gasteiger partial charge on any atom is 0.232 e. The summed E-state index contributed by atoms with van der Waals surface area (Å²) in [6.45, 7) is 7.08. The fraction of sp³-hybridized carbons (Fsp3) is 0.375. The molecule has 1 amide bonds. The van der Waals surface area contributed by atoms with E-state index < -0.39 is 0 Å². The highest BCUT2D eigenvalue weighted by atomic mass is 32.2. The zero-order valence-electron chi connectivity index (χ0n) is 16.7. The van der Waals surface area contributed by atoms with Crippen molar-refractivity contribution in [2.24, 2.45) is 5.92 Å². The molecule has 3 nitrogen and oxygen atoms in total. The Hall–Kier alpha value is -2.20. The molecule has 2 aromatic carbocycles. The van der Waals surface area contributed by atoms with Gasteiger partial charge < -0.3 is 9.47 Å². The number of fused-ring (bicyclic) bond motifs is 1. The molecule has 0 bridgehead atoms. The first kappa shape index (κ1) is 19.1. The minimum atomic E-state index is 0.271. The highest BCUT2D eigenvalue weighted by Gasteiger charge is 2.20. The summed E-state index contributed by atoms with van der Waals surface area (Å²) in [5.74, 6) is 1.54. The van der Waals surface area contributed by atoms with Crippen molar-refractivity contribution in [1.29, 1.82) is 0 Å². The van der Waals surface area contributed by atoms with Crippen LogP contribution < -0.4 is 0 Å². The monoisotopic (exact) mass is 392 g/mol. The van der Waals surface area contributed by atoms with Crippen LogP contribution in [-0.2, 0) is 11.3 Å². The molecule has 0 saturated carbocycles. The van der Waals surface area contributed by atoms with Gasteiger partial charge in [-0.3, -0.25) is 4.79 Å². The minimum absolute atomic E-state index is 0.271.